The van der Waals surface area contributed by atoms with Gasteiger partial charge in [0.05, 0.1) is 0 Å². The molecular weight excluding hydrogens is 230 g/mol. The van der Waals surface area contributed by atoms with E-state index in [4.69, 9.17) is 9.84 Å². The van der Waals surface area contributed by atoms with Crippen molar-refractivity contribution in [1.82, 2.24) is 5.32 Å². The molecule has 0 aromatic heterocycles. The molecule has 1 unspecified atom stereocenters. The molecule has 100 valence electrons. The molecule has 2 N–H and O–H groups in total. The maximum absolute atomic E-state index is 11.0. The van der Waals surface area contributed by atoms with Crippen LogP contribution in [-0.2, 0) is 0 Å². The normalized spacial score (nSPS) is 12.4. The summed E-state index contributed by atoms with van der Waals surface area (Å²) in [5, 5.41) is 12.3. The lowest BCUT2D eigenvalue weighted by atomic mass is 10.1. The van der Waals surface area contributed by atoms with E-state index in [0.29, 0.717) is 30.9 Å². The van der Waals surface area contributed by atoms with E-state index in [0.717, 1.165) is 0 Å². The van der Waals surface area contributed by atoms with Crippen molar-refractivity contribution in [3.63, 3.8) is 0 Å². The Kier molecular flexibility index (Phi) is 5.65. The smallest absolute Gasteiger partial charge is 0.339 e. The molecule has 4 heteroatoms. The van der Waals surface area contributed by atoms with Gasteiger partial charge in [-0.15, -0.1) is 0 Å². The van der Waals surface area contributed by atoms with E-state index in [-0.39, 0.29) is 5.56 Å². The fourth-order valence-electron chi connectivity index (χ4n) is 1.45. The number of para-hydroxylation sites is 1. The average molecular weight is 251 g/mol. The van der Waals surface area contributed by atoms with Crippen LogP contribution in [0.25, 0.3) is 0 Å². The van der Waals surface area contributed by atoms with Crippen molar-refractivity contribution in [3.8, 4) is 5.75 Å². The maximum Gasteiger partial charge on any atom is 0.339 e. The molecule has 0 saturated heterocycles. The zero-order chi connectivity index (χ0) is 13.5. The molecule has 1 aromatic carbocycles. The quantitative estimate of drug-likeness (QED) is 0.731. The molecule has 0 amide bonds. The summed E-state index contributed by atoms with van der Waals surface area (Å²) < 4.78 is 5.49. The van der Waals surface area contributed by atoms with E-state index < -0.39 is 5.97 Å². The number of carboxylic acids is 1. The number of carboxylic acid groups (broad SMARTS) is 1. The zero-order valence-electron chi connectivity index (χ0n) is 11.1. The van der Waals surface area contributed by atoms with E-state index in [9.17, 15) is 4.79 Å². The van der Waals surface area contributed by atoms with Crippen LogP contribution in [0.1, 0.15) is 31.1 Å². The zero-order valence-corrected chi connectivity index (χ0v) is 11.1. The number of nitrogens with one attached hydrogen (secondary N) is 1. The van der Waals surface area contributed by atoms with Gasteiger partial charge in [0.25, 0.3) is 0 Å². The Morgan fingerprint density at radius 1 is 1.33 bits per heavy atom. The molecule has 0 fully saturated rings. The third-order valence-corrected chi connectivity index (χ3v) is 2.94. The first kappa shape index (κ1) is 14.5. The van der Waals surface area contributed by atoms with Crippen LogP contribution in [0.4, 0.5) is 0 Å². The average Bonchev–Trinajstić information content (AvgIpc) is 2.34. The number of benzene rings is 1. The lowest BCUT2D eigenvalue weighted by molar-refractivity contribution is 0.0692. The first-order chi connectivity index (χ1) is 8.52. The van der Waals surface area contributed by atoms with Crippen LogP contribution in [0.15, 0.2) is 24.3 Å². The first-order valence-corrected chi connectivity index (χ1v) is 6.21. The summed E-state index contributed by atoms with van der Waals surface area (Å²) >= 11 is 0. The van der Waals surface area contributed by atoms with E-state index in [1.807, 2.05) is 0 Å². The van der Waals surface area contributed by atoms with E-state index in [1.54, 1.807) is 24.3 Å². The van der Waals surface area contributed by atoms with Crippen LogP contribution in [0.2, 0.25) is 0 Å². The summed E-state index contributed by atoms with van der Waals surface area (Å²) in [5.74, 6) is 0.0226. The van der Waals surface area contributed by atoms with Crippen LogP contribution < -0.4 is 10.1 Å². The molecule has 0 bridgehead atoms. The van der Waals surface area contributed by atoms with Gasteiger partial charge in [-0.05, 0) is 25.0 Å². The van der Waals surface area contributed by atoms with Gasteiger partial charge in [-0.1, -0.05) is 26.0 Å². The maximum atomic E-state index is 11.0. The number of rotatable bonds is 7. The molecule has 18 heavy (non-hydrogen) atoms. The van der Waals surface area contributed by atoms with Crippen molar-refractivity contribution in [2.24, 2.45) is 5.92 Å². The third kappa shape index (κ3) is 4.37. The molecule has 0 spiro atoms. The largest absolute Gasteiger partial charge is 0.491 e. The first-order valence-electron chi connectivity index (χ1n) is 6.21. The molecule has 0 radical (unpaired) electrons. The Hall–Kier alpha value is -1.55. The molecule has 1 aromatic rings. The van der Waals surface area contributed by atoms with Gasteiger partial charge in [0.2, 0.25) is 0 Å². The highest BCUT2D eigenvalue weighted by molar-refractivity contribution is 5.90. The van der Waals surface area contributed by atoms with Crippen LogP contribution in [0, 0.1) is 5.92 Å². The molecule has 1 atom stereocenters. The highest BCUT2D eigenvalue weighted by Gasteiger charge is 2.10. The van der Waals surface area contributed by atoms with Crippen molar-refractivity contribution < 1.29 is 14.6 Å². The van der Waals surface area contributed by atoms with E-state index in [2.05, 4.69) is 26.1 Å². The fourth-order valence-corrected chi connectivity index (χ4v) is 1.45. The molecule has 0 heterocycles. The highest BCUT2D eigenvalue weighted by Crippen LogP contribution is 2.17. The Morgan fingerprint density at radius 3 is 2.61 bits per heavy atom. The summed E-state index contributed by atoms with van der Waals surface area (Å²) in [6.45, 7) is 7.58. The van der Waals surface area contributed by atoms with Crippen molar-refractivity contribution in [2.45, 2.75) is 26.8 Å². The second-order valence-corrected chi connectivity index (χ2v) is 4.64. The van der Waals surface area contributed by atoms with E-state index in [1.165, 1.54) is 0 Å². The minimum atomic E-state index is -0.964. The monoisotopic (exact) mass is 251 g/mol. The van der Waals surface area contributed by atoms with Crippen LogP contribution in [-0.4, -0.2) is 30.3 Å². The molecule has 0 aliphatic carbocycles. The van der Waals surface area contributed by atoms with Gasteiger partial charge in [-0.25, -0.2) is 4.79 Å². The topological polar surface area (TPSA) is 58.6 Å². The highest BCUT2D eigenvalue weighted by atomic mass is 16.5. The van der Waals surface area contributed by atoms with Gasteiger partial charge in [0.1, 0.15) is 17.9 Å². The Bertz CT molecular complexity index is 390. The van der Waals surface area contributed by atoms with Crippen molar-refractivity contribution in [2.75, 3.05) is 13.2 Å². The molecule has 1 rings (SSSR count). The van der Waals surface area contributed by atoms with Gasteiger partial charge in [-0.2, -0.15) is 0 Å². The molecule has 0 aliphatic rings. The summed E-state index contributed by atoms with van der Waals surface area (Å²) in [6.07, 6.45) is 0. The second kappa shape index (κ2) is 7.01. The van der Waals surface area contributed by atoms with Crippen LogP contribution >= 0.6 is 0 Å². The van der Waals surface area contributed by atoms with Crippen LogP contribution in [0.3, 0.4) is 0 Å². The van der Waals surface area contributed by atoms with Gasteiger partial charge < -0.3 is 15.2 Å². The molecule has 0 aliphatic heterocycles. The van der Waals surface area contributed by atoms with Crippen LogP contribution in [0.5, 0.6) is 5.75 Å². The van der Waals surface area contributed by atoms with E-state index >= 15 is 0 Å². The van der Waals surface area contributed by atoms with Crippen molar-refractivity contribution in [1.29, 1.82) is 0 Å². The molecule has 0 saturated carbocycles. The van der Waals surface area contributed by atoms with Gasteiger partial charge in [0.15, 0.2) is 0 Å². The summed E-state index contributed by atoms with van der Waals surface area (Å²) in [7, 11) is 0. The lowest BCUT2D eigenvalue weighted by Gasteiger charge is -2.17. The van der Waals surface area contributed by atoms with Gasteiger partial charge in [-0.3, -0.25) is 0 Å². The number of ether oxygens (including phenoxy) is 1. The number of aromatic carboxylic acids is 1. The minimum Gasteiger partial charge on any atom is -0.491 e. The molecule has 4 nitrogen and oxygen atoms in total. The minimum absolute atomic E-state index is 0.203. The SMILES string of the molecule is CC(C)C(C)NCCOc1ccccc1C(=O)O. The third-order valence-electron chi connectivity index (χ3n) is 2.94. The number of hydrogen-bond acceptors (Lipinski definition) is 3. The van der Waals surface area contributed by atoms with Gasteiger partial charge in [0, 0.05) is 12.6 Å². The predicted octanol–water partition coefficient (Wildman–Crippen LogP) is 2.40. The Balaban J connectivity index is 2.42. The predicted molar refractivity (Wildman–Crippen MR) is 71.2 cm³/mol. The standard InChI is InChI=1S/C14H21NO3/c1-10(2)11(3)15-8-9-18-13-7-5-4-6-12(13)14(16)17/h4-7,10-11,15H,8-9H2,1-3H3,(H,16,17). The van der Waals surface area contributed by atoms with Gasteiger partial charge >= 0.3 is 5.97 Å². The lowest BCUT2D eigenvalue weighted by Crippen LogP contribution is -2.34. The van der Waals surface area contributed by atoms with Crippen molar-refractivity contribution >= 4 is 5.97 Å². The molecular formula is C14H21NO3. The second-order valence-electron chi connectivity index (χ2n) is 4.64. The summed E-state index contributed by atoms with van der Waals surface area (Å²) in [6, 6.07) is 7.10. The number of carbonyl (C=O) groups is 1. The Labute approximate surface area is 108 Å². The van der Waals surface area contributed by atoms with Crippen molar-refractivity contribution in [3.05, 3.63) is 29.8 Å². The number of hydrogen-bond donors (Lipinski definition) is 2. The summed E-state index contributed by atoms with van der Waals surface area (Å²) in [5.41, 5.74) is 0.203. The Morgan fingerprint density at radius 2 is 2.00 bits per heavy atom. The summed E-state index contributed by atoms with van der Waals surface area (Å²) in [4.78, 5) is 11.0. The fraction of sp³-hybridized carbons (Fsp3) is 0.500.